The highest BCUT2D eigenvalue weighted by Crippen LogP contribution is 2.43. The molecule has 30 heavy (non-hydrogen) atoms. The number of carboxylic acid groups (broad SMARTS) is 1. The van der Waals surface area contributed by atoms with E-state index in [0.29, 0.717) is 24.0 Å². The Morgan fingerprint density at radius 2 is 1.80 bits per heavy atom. The number of carboxylic acids is 1. The van der Waals surface area contributed by atoms with Crippen molar-refractivity contribution in [1.29, 1.82) is 0 Å². The highest BCUT2D eigenvalue weighted by Gasteiger charge is 2.28. The summed E-state index contributed by atoms with van der Waals surface area (Å²) in [6, 6.07) is 7.78. The molecule has 1 fully saturated rings. The van der Waals surface area contributed by atoms with Gasteiger partial charge < -0.3 is 10.2 Å². The van der Waals surface area contributed by atoms with Gasteiger partial charge in [0.1, 0.15) is 5.75 Å². The smallest absolute Gasteiger partial charge is 0.303 e. The van der Waals surface area contributed by atoms with Crippen molar-refractivity contribution < 1.29 is 15.0 Å². The zero-order valence-electron chi connectivity index (χ0n) is 18.3. The van der Waals surface area contributed by atoms with Crippen LogP contribution in [0.25, 0.3) is 0 Å². The quantitative estimate of drug-likeness (QED) is 0.296. The second-order valence-corrected chi connectivity index (χ2v) is 9.25. The third-order valence-corrected chi connectivity index (χ3v) is 6.99. The maximum atomic E-state index is 10.8. The number of carbonyl (C=O) groups is 1. The van der Waals surface area contributed by atoms with Gasteiger partial charge in [-0.05, 0) is 86.8 Å². The summed E-state index contributed by atoms with van der Waals surface area (Å²) in [6.07, 6.45) is 21.6. The minimum atomic E-state index is -0.714. The maximum absolute atomic E-state index is 10.8. The van der Waals surface area contributed by atoms with Crippen LogP contribution < -0.4 is 0 Å². The van der Waals surface area contributed by atoms with Gasteiger partial charge in [-0.15, -0.1) is 0 Å². The Balaban J connectivity index is 1.50. The average molecular weight is 411 g/mol. The van der Waals surface area contributed by atoms with Crippen LogP contribution in [0.4, 0.5) is 0 Å². The molecule has 0 aromatic heterocycles. The Morgan fingerprint density at radius 3 is 2.50 bits per heavy atom. The van der Waals surface area contributed by atoms with Crippen molar-refractivity contribution in [2.24, 2.45) is 11.8 Å². The van der Waals surface area contributed by atoms with Crippen molar-refractivity contribution >= 4 is 5.97 Å². The number of benzene rings is 1. The first-order valence-electron chi connectivity index (χ1n) is 12.0. The van der Waals surface area contributed by atoms with Crippen molar-refractivity contribution in [1.82, 2.24) is 0 Å². The SMILES string of the molecule is O=C(O)CCC=C1CCC(c2ccc(O)cc2)C(CCCCCCC2C=CCC2)C1. The fourth-order valence-electron chi connectivity index (χ4n) is 5.31. The van der Waals surface area contributed by atoms with Gasteiger partial charge in [-0.1, -0.05) is 61.6 Å². The zero-order chi connectivity index (χ0) is 21.2. The molecule has 2 aliphatic carbocycles. The second-order valence-electron chi connectivity index (χ2n) is 9.25. The van der Waals surface area contributed by atoms with Gasteiger partial charge in [0.25, 0.3) is 0 Å². The van der Waals surface area contributed by atoms with E-state index in [1.54, 1.807) is 0 Å². The lowest BCUT2D eigenvalue weighted by Gasteiger charge is -2.34. The Bertz CT molecular complexity index is 716. The van der Waals surface area contributed by atoms with Crippen molar-refractivity contribution in [2.75, 3.05) is 0 Å². The Hall–Kier alpha value is -2.03. The molecule has 1 aromatic rings. The lowest BCUT2D eigenvalue weighted by Crippen LogP contribution is -2.19. The number of allylic oxidation sites excluding steroid dienone is 4. The van der Waals surface area contributed by atoms with Crippen LogP contribution >= 0.6 is 0 Å². The molecule has 164 valence electrons. The number of rotatable bonds is 11. The molecule has 3 heteroatoms. The first-order chi connectivity index (χ1) is 14.6. The fraction of sp³-hybridized carbons (Fsp3) is 0.593. The molecule has 2 aliphatic rings. The van der Waals surface area contributed by atoms with E-state index in [1.165, 1.54) is 62.5 Å². The van der Waals surface area contributed by atoms with E-state index >= 15 is 0 Å². The first-order valence-corrected chi connectivity index (χ1v) is 12.0. The van der Waals surface area contributed by atoms with E-state index in [1.807, 2.05) is 12.1 Å². The highest BCUT2D eigenvalue weighted by molar-refractivity contribution is 5.66. The number of phenolic OH excluding ortho intramolecular Hbond substituents is 1. The Morgan fingerprint density at radius 1 is 1.03 bits per heavy atom. The number of hydrogen-bond acceptors (Lipinski definition) is 2. The molecule has 0 amide bonds. The third-order valence-electron chi connectivity index (χ3n) is 6.99. The summed E-state index contributed by atoms with van der Waals surface area (Å²) in [5, 5.41) is 18.6. The van der Waals surface area contributed by atoms with Crippen LogP contribution in [0, 0.1) is 11.8 Å². The standard InChI is InChI=1S/C27H38O3/c28-25-17-15-23(16-18-25)26-19-14-22(11-7-13-27(29)30)20-24(26)12-4-2-1-3-8-21-9-5-6-10-21/h5,9,11,15-18,21,24,26,28H,1-4,6-8,10,12-14,19-20H2,(H,29,30). The van der Waals surface area contributed by atoms with E-state index in [-0.39, 0.29) is 6.42 Å². The van der Waals surface area contributed by atoms with Gasteiger partial charge in [0.2, 0.25) is 0 Å². The molecule has 3 unspecified atom stereocenters. The highest BCUT2D eigenvalue weighted by atomic mass is 16.4. The Labute approximate surface area is 181 Å². The summed E-state index contributed by atoms with van der Waals surface area (Å²) >= 11 is 0. The lowest BCUT2D eigenvalue weighted by molar-refractivity contribution is -0.136. The van der Waals surface area contributed by atoms with Crippen molar-refractivity contribution in [3.05, 3.63) is 53.6 Å². The summed E-state index contributed by atoms with van der Waals surface area (Å²) in [6.45, 7) is 0. The maximum Gasteiger partial charge on any atom is 0.303 e. The van der Waals surface area contributed by atoms with Crippen molar-refractivity contribution in [3.63, 3.8) is 0 Å². The molecule has 0 heterocycles. The molecule has 0 spiro atoms. The molecular formula is C27H38O3. The molecule has 3 nitrogen and oxygen atoms in total. The predicted molar refractivity (Wildman–Crippen MR) is 123 cm³/mol. The molecule has 1 saturated carbocycles. The van der Waals surface area contributed by atoms with E-state index in [2.05, 4.69) is 30.4 Å². The largest absolute Gasteiger partial charge is 0.508 e. The summed E-state index contributed by atoms with van der Waals surface area (Å²) in [5.74, 6) is 1.62. The van der Waals surface area contributed by atoms with Gasteiger partial charge in [0.05, 0.1) is 0 Å². The topological polar surface area (TPSA) is 57.5 Å². The summed E-state index contributed by atoms with van der Waals surface area (Å²) < 4.78 is 0. The predicted octanol–water partition coefficient (Wildman–Crippen LogP) is 7.37. The Kier molecular flexibility index (Phi) is 9.04. The molecule has 0 radical (unpaired) electrons. The molecular weight excluding hydrogens is 372 g/mol. The van der Waals surface area contributed by atoms with Crippen LogP contribution in [-0.2, 0) is 4.79 Å². The van der Waals surface area contributed by atoms with E-state index < -0.39 is 5.97 Å². The summed E-state index contributed by atoms with van der Waals surface area (Å²) in [7, 11) is 0. The first kappa shape index (κ1) is 22.7. The molecule has 1 aromatic carbocycles. The minimum absolute atomic E-state index is 0.228. The second kappa shape index (κ2) is 12.0. The van der Waals surface area contributed by atoms with Crippen molar-refractivity contribution in [2.45, 2.75) is 89.4 Å². The number of aromatic hydroxyl groups is 1. The minimum Gasteiger partial charge on any atom is -0.508 e. The van der Waals surface area contributed by atoms with Crippen LogP contribution in [0.15, 0.2) is 48.1 Å². The van der Waals surface area contributed by atoms with Crippen LogP contribution in [0.5, 0.6) is 5.75 Å². The van der Waals surface area contributed by atoms with Gasteiger partial charge in [-0.25, -0.2) is 0 Å². The number of hydrogen-bond donors (Lipinski definition) is 2. The molecule has 2 N–H and O–H groups in total. The fourth-order valence-corrected chi connectivity index (χ4v) is 5.31. The molecule has 0 saturated heterocycles. The van der Waals surface area contributed by atoms with E-state index in [9.17, 15) is 9.90 Å². The monoisotopic (exact) mass is 410 g/mol. The average Bonchev–Trinajstić information content (AvgIpc) is 3.25. The number of phenols is 1. The van der Waals surface area contributed by atoms with Crippen LogP contribution in [0.3, 0.4) is 0 Å². The van der Waals surface area contributed by atoms with E-state index in [0.717, 1.165) is 25.2 Å². The van der Waals surface area contributed by atoms with Gasteiger partial charge in [0, 0.05) is 6.42 Å². The van der Waals surface area contributed by atoms with Crippen LogP contribution in [0.2, 0.25) is 0 Å². The molecule has 0 bridgehead atoms. The molecule has 0 aliphatic heterocycles. The summed E-state index contributed by atoms with van der Waals surface area (Å²) in [5.41, 5.74) is 2.79. The van der Waals surface area contributed by atoms with Crippen LogP contribution in [-0.4, -0.2) is 16.2 Å². The number of unbranched alkanes of at least 4 members (excludes halogenated alkanes) is 3. The van der Waals surface area contributed by atoms with Crippen LogP contribution in [0.1, 0.15) is 95.0 Å². The van der Waals surface area contributed by atoms with Gasteiger partial charge >= 0.3 is 5.97 Å². The molecule has 3 rings (SSSR count). The lowest BCUT2D eigenvalue weighted by atomic mass is 9.71. The number of aliphatic carboxylic acids is 1. The zero-order valence-corrected chi connectivity index (χ0v) is 18.3. The summed E-state index contributed by atoms with van der Waals surface area (Å²) in [4.78, 5) is 10.8. The third kappa shape index (κ3) is 7.34. The van der Waals surface area contributed by atoms with Gasteiger partial charge in [-0.2, -0.15) is 0 Å². The van der Waals surface area contributed by atoms with Crippen molar-refractivity contribution in [3.8, 4) is 5.75 Å². The molecule has 3 atom stereocenters. The normalized spacial score (nSPS) is 25.1. The van der Waals surface area contributed by atoms with E-state index in [4.69, 9.17) is 5.11 Å². The van der Waals surface area contributed by atoms with Gasteiger partial charge in [0.15, 0.2) is 0 Å². The van der Waals surface area contributed by atoms with Gasteiger partial charge in [-0.3, -0.25) is 4.79 Å².